The second-order valence-corrected chi connectivity index (χ2v) is 16.3. The highest BCUT2D eigenvalue weighted by Gasteiger charge is 2.36. The van der Waals surface area contributed by atoms with Gasteiger partial charge in [0.05, 0.1) is 16.9 Å². The first-order valence-corrected chi connectivity index (χ1v) is 20.4. The molecule has 1 aromatic heterocycles. The van der Waals surface area contributed by atoms with Crippen molar-refractivity contribution in [3.63, 3.8) is 0 Å². The van der Waals surface area contributed by atoms with E-state index >= 15 is 4.39 Å². The van der Waals surface area contributed by atoms with Crippen LogP contribution in [0.15, 0.2) is 194 Å². The van der Waals surface area contributed by atoms with Crippen molar-refractivity contribution in [2.45, 2.75) is 19.3 Å². The van der Waals surface area contributed by atoms with Gasteiger partial charge in [0.15, 0.2) is 0 Å². The summed E-state index contributed by atoms with van der Waals surface area (Å²) in [4.78, 5) is 2.08. The largest absolute Gasteiger partial charge is 0.343 e. The highest BCUT2D eigenvalue weighted by molar-refractivity contribution is 6.29. The van der Waals surface area contributed by atoms with Crippen molar-refractivity contribution in [2.24, 2.45) is 7.05 Å². The summed E-state index contributed by atoms with van der Waals surface area (Å²) in [6.07, 6.45) is 0. The van der Waals surface area contributed by atoms with Crippen molar-refractivity contribution in [3.05, 3.63) is 211 Å². The van der Waals surface area contributed by atoms with E-state index in [2.05, 4.69) is 200 Å². The lowest BCUT2D eigenvalue weighted by Gasteiger charge is -2.28. The lowest BCUT2D eigenvalue weighted by atomic mass is 9.82. The molecule has 0 atom stereocenters. The monoisotopic (exact) mass is 760 g/mol. The average molecular weight is 761 g/mol. The van der Waals surface area contributed by atoms with E-state index in [0.29, 0.717) is 5.69 Å². The first-order valence-electron chi connectivity index (χ1n) is 20.4. The van der Waals surface area contributed by atoms with Crippen LogP contribution in [-0.2, 0) is 12.5 Å². The molecule has 0 spiro atoms. The smallest absolute Gasteiger partial charge is 0.147 e. The van der Waals surface area contributed by atoms with Gasteiger partial charge in [-0.3, -0.25) is 0 Å². The fraction of sp³-hybridized carbons (Fsp3) is 0.0714. The van der Waals surface area contributed by atoms with Crippen LogP contribution in [0.3, 0.4) is 0 Å². The second-order valence-electron chi connectivity index (χ2n) is 16.3. The molecule has 0 saturated heterocycles. The highest BCUT2D eigenvalue weighted by atomic mass is 19.1. The first kappa shape index (κ1) is 35.0. The summed E-state index contributed by atoms with van der Waals surface area (Å²) in [5.41, 5.74) is 14.5. The molecule has 0 N–H and O–H groups in total. The van der Waals surface area contributed by atoms with Gasteiger partial charge in [0.2, 0.25) is 0 Å². The summed E-state index contributed by atoms with van der Waals surface area (Å²) >= 11 is 0. The van der Waals surface area contributed by atoms with Crippen LogP contribution in [0, 0.1) is 5.82 Å². The van der Waals surface area contributed by atoms with E-state index in [0.717, 1.165) is 61.2 Å². The number of hydrogen-bond donors (Lipinski definition) is 0. The topological polar surface area (TPSA) is 8.17 Å². The molecule has 11 rings (SSSR count). The van der Waals surface area contributed by atoms with E-state index in [1.807, 2.05) is 18.2 Å². The average Bonchev–Trinajstić information content (AvgIpc) is 3.72. The van der Waals surface area contributed by atoms with Crippen molar-refractivity contribution in [2.75, 3.05) is 4.90 Å². The van der Waals surface area contributed by atoms with Gasteiger partial charge in [-0.2, -0.15) is 0 Å². The van der Waals surface area contributed by atoms with Crippen LogP contribution in [0.2, 0.25) is 0 Å². The van der Waals surface area contributed by atoms with Crippen LogP contribution in [0.5, 0.6) is 0 Å². The Hall–Kier alpha value is -7.23. The number of rotatable bonds is 6. The lowest BCUT2D eigenvalue weighted by molar-refractivity contribution is 0.629. The minimum absolute atomic E-state index is 0.206. The molecule has 0 aliphatic heterocycles. The van der Waals surface area contributed by atoms with E-state index in [4.69, 9.17) is 0 Å². The Labute approximate surface area is 344 Å². The second kappa shape index (κ2) is 13.4. The predicted octanol–water partition coefficient (Wildman–Crippen LogP) is 15.4. The Morgan fingerprint density at radius 2 is 1.00 bits per heavy atom. The minimum Gasteiger partial charge on any atom is -0.343 e. The maximum absolute atomic E-state index is 17.6. The molecular weight excluding hydrogens is 720 g/mol. The molecule has 282 valence electrons. The van der Waals surface area contributed by atoms with Crippen molar-refractivity contribution in [1.82, 2.24) is 4.57 Å². The molecule has 0 unspecified atom stereocenters. The van der Waals surface area contributed by atoms with Crippen LogP contribution in [0.1, 0.15) is 25.0 Å². The number of fused-ring (bicyclic) bond motifs is 9. The number of hydrogen-bond acceptors (Lipinski definition) is 1. The molecule has 1 heterocycles. The summed E-state index contributed by atoms with van der Waals surface area (Å²) in [5.74, 6) is -0.293. The van der Waals surface area contributed by atoms with E-state index in [-0.39, 0.29) is 11.2 Å². The maximum Gasteiger partial charge on any atom is 0.147 e. The van der Waals surface area contributed by atoms with Crippen LogP contribution < -0.4 is 4.90 Å². The van der Waals surface area contributed by atoms with Crippen molar-refractivity contribution < 1.29 is 4.39 Å². The normalized spacial score (nSPS) is 12.9. The molecule has 1 aliphatic rings. The molecule has 0 radical (unpaired) electrons. The zero-order valence-corrected chi connectivity index (χ0v) is 33.2. The first-order chi connectivity index (χ1) is 28.9. The fourth-order valence-corrected chi connectivity index (χ4v) is 9.87. The standard InChI is InChI=1S/C56H41FN2/c1-56(2)48-25-15-14-22-44(48)45-32-31-41(35-49(45)56)59(40-29-26-37(27-30-40)36-16-6-4-7-17-36)51-33-28-39(34-50(51)57)52-53-46-23-12-10-20-42(46)43-21-11-13-24-47(43)55(53)58(3)54(52)38-18-8-5-9-19-38/h4-35H,1-3H3. The Kier molecular flexibility index (Phi) is 7.96. The fourth-order valence-electron chi connectivity index (χ4n) is 9.87. The Balaban J connectivity index is 1.13. The third-order valence-corrected chi connectivity index (χ3v) is 12.6. The van der Waals surface area contributed by atoms with Gasteiger partial charge in [0.1, 0.15) is 5.82 Å². The number of nitrogens with zero attached hydrogens (tertiary/aromatic N) is 2. The van der Waals surface area contributed by atoms with Crippen LogP contribution in [0.4, 0.5) is 21.5 Å². The molecule has 59 heavy (non-hydrogen) atoms. The SMILES string of the molecule is Cn1c(-c2ccccc2)c(-c2ccc(N(c3ccc(-c4ccccc4)cc3)c3ccc4c(c3)C(C)(C)c3ccccc3-4)c(F)c2)c2c3ccccc3c3ccccc3c21. The molecule has 3 heteroatoms. The quantitative estimate of drug-likeness (QED) is 0.153. The third-order valence-electron chi connectivity index (χ3n) is 12.6. The summed E-state index contributed by atoms with van der Waals surface area (Å²) < 4.78 is 19.9. The zero-order chi connectivity index (χ0) is 39.8. The Morgan fingerprint density at radius 3 is 1.71 bits per heavy atom. The number of benzene rings is 9. The summed E-state index contributed by atoms with van der Waals surface area (Å²) in [6, 6.07) is 67.8. The lowest BCUT2D eigenvalue weighted by Crippen LogP contribution is -2.17. The molecule has 0 saturated carbocycles. The van der Waals surface area contributed by atoms with Gasteiger partial charge >= 0.3 is 0 Å². The summed E-state index contributed by atoms with van der Waals surface area (Å²) in [5, 5.41) is 5.85. The molecule has 2 nitrogen and oxygen atoms in total. The molecule has 10 aromatic rings. The summed E-state index contributed by atoms with van der Waals surface area (Å²) in [6.45, 7) is 4.58. The van der Waals surface area contributed by atoms with E-state index in [9.17, 15) is 0 Å². The van der Waals surface area contributed by atoms with Crippen LogP contribution >= 0.6 is 0 Å². The molecule has 9 aromatic carbocycles. The van der Waals surface area contributed by atoms with Crippen LogP contribution in [-0.4, -0.2) is 4.57 Å². The summed E-state index contributed by atoms with van der Waals surface area (Å²) in [7, 11) is 2.15. The van der Waals surface area contributed by atoms with Crippen molar-refractivity contribution in [3.8, 4) is 44.6 Å². The number of aromatic nitrogens is 1. The Bertz CT molecular complexity index is 3250. The number of halogens is 1. The minimum atomic E-state index is -0.293. The number of anilines is 3. The van der Waals surface area contributed by atoms with E-state index in [1.54, 1.807) is 6.07 Å². The molecule has 0 fully saturated rings. The highest BCUT2D eigenvalue weighted by Crippen LogP contribution is 2.52. The predicted molar refractivity (Wildman–Crippen MR) is 246 cm³/mol. The van der Waals surface area contributed by atoms with Gasteiger partial charge in [-0.15, -0.1) is 0 Å². The third kappa shape index (κ3) is 5.38. The van der Waals surface area contributed by atoms with Gasteiger partial charge in [0.25, 0.3) is 0 Å². The van der Waals surface area contributed by atoms with Gasteiger partial charge in [-0.25, -0.2) is 4.39 Å². The van der Waals surface area contributed by atoms with E-state index < -0.39 is 0 Å². The Morgan fingerprint density at radius 1 is 0.458 bits per heavy atom. The molecule has 0 amide bonds. The van der Waals surface area contributed by atoms with Crippen molar-refractivity contribution >= 4 is 49.5 Å². The molecule has 0 bridgehead atoms. The molecular formula is C56H41FN2. The van der Waals surface area contributed by atoms with E-state index in [1.165, 1.54) is 38.4 Å². The van der Waals surface area contributed by atoms with Gasteiger partial charge in [-0.1, -0.05) is 172 Å². The van der Waals surface area contributed by atoms with Gasteiger partial charge in [0, 0.05) is 40.2 Å². The van der Waals surface area contributed by atoms with Crippen LogP contribution in [0.25, 0.3) is 77.1 Å². The number of aryl methyl sites for hydroxylation is 1. The molecule has 1 aliphatic carbocycles. The maximum atomic E-state index is 17.6. The van der Waals surface area contributed by atoms with Gasteiger partial charge in [-0.05, 0) is 97.1 Å². The zero-order valence-electron chi connectivity index (χ0n) is 33.2. The van der Waals surface area contributed by atoms with Gasteiger partial charge < -0.3 is 9.47 Å². The van der Waals surface area contributed by atoms with Crippen molar-refractivity contribution in [1.29, 1.82) is 0 Å².